The number of aromatic amines is 1. The number of aromatic nitrogens is 2. The SMILES string of the molecule is COc1cccc(C(=O)Nc2cc(C(C)(C)C)[nH]n2)c1N. The van der Waals surface area contributed by atoms with Crippen LogP contribution in [0.15, 0.2) is 24.3 Å². The van der Waals surface area contributed by atoms with Gasteiger partial charge in [-0.05, 0) is 12.1 Å². The fourth-order valence-electron chi connectivity index (χ4n) is 1.87. The van der Waals surface area contributed by atoms with Crippen LogP contribution < -0.4 is 15.8 Å². The molecular weight excluding hydrogens is 268 g/mol. The third-order valence-corrected chi connectivity index (χ3v) is 3.16. The number of benzene rings is 1. The van der Waals surface area contributed by atoms with Crippen LogP contribution in [0.25, 0.3) is 0 Å². The lowest BCUT2D eigenvalue weighted by Gasteiger charge is -2.14. The number of carbonyl (C=O) groups is 1. The number of nitrogens with one attached hydrogen (secondary N) is 2. The number of hydrogen-bond donors (Lipinski definition) is 3. The van der Waals surface area contributed by atoms with Crippen LogP contribution in [-0.2, 0) is 5.41 Å². The fraction of sp³-hybridized carbons (Fsp3) is 0.333. The van der Waals surface area contributed by atoms with Crippen LogP contribution in [0.2, 0.25) is 0 Å². The number of nitrogen functional groups attached to an aromatic ring is 1. The van der Waals surface area contributed by atoms with Gasteiger partial charge in [-0.2, -0.15) is 5.10 Å². The second-order valence-corrected chi connectivity index (χ2v) is 5.79. The Hall–Kier alpha value is -2.50. The predicted molar refractivity (Wildman–Crippen MR) is 82.6 cm³/mol. The van der Waals surface area contributed by atoms with E-state index in [0.29, 0.717) is 22.8 Å². The molecule has 0 saturated carbocycles. The second-order valence-electron chi connectivity index (χ2n) is 5.79. The summed E-state index contributed by atoms with van der Waals surface area (Å²) in [4.78, 5) is 12.3. The summed E-state index contributed by atoms with van der Waals surface area (Å²) in [6.45, 7) is 6.19. The van der Waals surface area contributed by atoms with Gasteiger partial charge in [-0.25, -0.2) is 0 Å². The van der Waals surface area contributed by atoms with Crippen LogP contribution in [0.5, 0.6) is 5.75 Å². The van der Waals surface area contributed by atoms with Gasteiger partial charge in [0.25, 0.3) is 5.91 Å². The lowest BCUT2D eigenvalue weighted by molar-refractivity contribution is 0.102. The van der Waals surface area contributed by atoms with Crippen molar-refractivity contribution in [2.75, 3.05) is 18.2 Å². The van der Waals surface area contributed by atoms with E-state index in [4.69, 9.17) is 10.5 Å². The maximum atomic E-state index is 12.3. The first-order valence-electron chi connectivity index (χ1n) is 6.62. The maximum Gasteiger partial charge on any atom is 0.259 e. The Bertz CT molecular complexity index is 656. The molecule has 0 unspecified atom stereocenters. The van der Waals surface area contributed by atoms with Crippen molar-refractivity contribution in [2.24, 2.45) is 0 Å². The van der Waals surface area contributed by atoms with Crippen molar-refractivity contribution in [1.29, 1.82) is 0 Å². The van der Waals surface area contributed by atoms with Gasteiger partial charge in [-0.15, -0.1) is 0 Å². The van der Waals surface area contributed by atoms with Crippen molar-refractivity contribution < 1.29 is 9.53 Å². The van der Waals surface area contributed by atoms with Crippen LogP contribution in [0.1, 0.15) is 36.8 Å². The van der Waals surface area contributed by atoms with Crippen molar-refractivity contribution >= 4 is 17.4 Å². The molecular formula is C15H20N4O2. The Labute approximate surface area is 123 Å². The molecule has 1 heterocycles. The van der Waals surface area contributed by atoms with Crippen molar-refractivity contribution in [2.45, 2.75) is 26.2 Å². The first-order valence-corrected chi connectivity index (χ1v) is 6.62. The van der Waals surface area contributed by atoms with Gasteiger partial charge in [0.15, 0.2) is 5.82 Å². The molecule has 6 nitrogen and oxygen atoms in total. The van der Waals surface area contributed by atoms with E-state index >= 15 is 0 Å². The normalized spacial score (nSPS) is 11.2. The first kappa shape index (κ1) is 14.9. The van der Waals surface area contributed by atoms with Crippen LogP contribution in [0.3, 0.4) is 0 Å². The molecule has 0 fully saturated rings. The van der Waals surface area contributed by atoms with Crippen LogP contribution in [0, 0.1) is 0 Å². The minimum absolute atomic E-state index is 0.0645. The Morgan fingerprint density at radius 2 is 2.10 bits per heavy atom. The number of nitrogens with two attached hydrogens (primary N) is 1. The zero-order chi connectivity index (χ0) is 15.6. The molecule has 0 bridgehead atoms. The van der Waals surface area contributed by atoms with Crippen molar-refractivity contribution in [3.8, 4) is 5.75 Å². The van der Waals surface area contributed by atoms with Gasteiger partial charge in [0, 0.05) is 17.2 Å². The standard InChI is InChI=1S/C15H20N4O2/c1-15(2,3)11-8-12(19-18-11)17-14(20)9-6-5-7-10(21-4)13(9)16/h5-8H,16H2,1-4H3,(H2,17,18,19,20). The maximum absolute atomic E-state index is 12.3. The molecule has 21 heavy (non-hydrogen) atoms. The summed E-state index contributed by atoms with van der Waals surface area (Å²) >= 11 is 0. The minimum Gasteiger partial charge on any atom is -0.495 e. The molecule has 1 amide bonds. The number of methoxy groups -OCH3 is 1. The van der Waals surface area contributed by atoms with Gasteiger partial charge < -0.3 is 15.8 Å². The molecule has 0 radical (unpaired) electrons. The lowest BCUT2D eigenvalue weighted by Crippen LogP contribution is -2.15. The monoisotopic (exact) mass is 288 g/mol. The average Bonchev–Trinajstić information content (AvgIpc) is 2.87. The van der Waals surface area contributed by atoms with Gasteiger partial charge in [-0.3, -0.25) is 9.89 Å². The summed E-state index contributed by atoms with van der Waals surface area (Å²) in [5.74, 6) is 0.616. The molecule has 1 aromatic heterocycles. The number of hydrogen-bond acceptors (Lipinski definition) is 4. The molecule has 0 aliphatic carbocycles. The number of ether oxygens (including phenoxy) is 1. The van der Waals surface area contributed by atoms with E-state index in [9.17, 15) is 4.79 Å². The van der Waals surface area contributed by atoms with E-state index in [-0.39, 0.29) is 11.3 Å². The molecule has 4 N–H and O–H groups in total. The Balaban J connectivity index is 2.21. The summed E-state index contributed by atoms with van der Waals surface area (Å²) < 4.78 is 5.11. The van der Waals surface area contributed by atoms with Gasteiger partial charge >= 0.3 is 0 Å². The molecule has 6 heteroatoms. The van der Waals surface area contributed by atoms with Gasteiger partial charge in [0.05, 0.1) is 18.4 Å². The quantitative estimate of drug-likeness (QED) is 0.757. The number of H-pyrrole nitrogens is 1. The van der Waals surface area contributed by atoms with E-state index in [1.54, 1.807) is 18.2 Å². The lowest BCUT2D eigenvalue weighted by atomic mass is 9.92. The first-order chi connectivity index (χ1) is 9.82. The van der Waals surface area contributed by atoms with Crippen molar-refractivity contribution in [1.82, 2.24) is 10.2 Å². The fourth-order valence-corrected chi connectivity index (χ4v) is 1.87. The summed E-state index contributed by atoms with van der Waals surface area (Å²) in [5.41, 5.74) is 7.45. The molecule has 112 valence electrons. The van der Waals surface area contributed by atoms with Gasteiger partial charge in [0.1, 0.15) is 5.75 Å². The van der Waals surface area contributed by atoms with E-state index in [2.05, 4.69) is 36.3 Å². The van der Waals surface area contributed by atoms with E-state index in [1.165, 1.54) is 7.11 Å². The van der Waals surface area contributed by atoms with E-state index in [1.807, 2.05) is 6.07 Å². The third-order valence-electron chi connectivity index (χ3n) is 3.16. The molecule has 0 aliphatic rings. The predicted octanol–water partition coefficient (Wildman–Crippen LogP) is 2.55. The molecule has 0 spiro atoms. The summed E-state index contributed by atoms with van der Waals surface area (Å²) in [6, 6.07) is 6.88. The molecule has 2 rings (SSSR count). The highest BCUT2D eigenvalue weighted by Crippen LogP contribution is 2.26. The van der Waals surface area contributed by atoms with Crippen LogP contribution in [0.4, 0.5) is 11.5 Å². The molecule has 0 atom stereocenters. The highest BCUT2D eigenvalue weighted by atomic mass is 16.5. The van der Waals surface area contributed by atoms with Gasteiger partial charge in [0.2, 0.25) is 0 Å². The number of rotatable bonds is 3. The number of carbonyl (C=O) groups excluding carboxylic acids is 1. The molecule has 0 aliphatic heterocycles. The topological polar surface area (TPSA) is 93.0 Å². The number of amides is 1. The highest BCUT2D eigenvalue weighted by Gasteiger charge is 2.19. The molecule has 0 saturated heterocycles. The van der Waals surface area contributed by atoms with Crippen molar-refractivity contribution in [3.63, 3.8) is 0 Å². The highest BCUT2D eigenvalue weighted by molar-refractivity contribution is 6.08. The average molecular weight is 288 g/mol. The Kier molecular flexibility index (Phi) is 3.88. The van der Waals surface area contributed by atoms with E-state index in [0.717, 1.165) is 5.69 Å². The minimum atomic E-state index is -0.321. The zero-order valence-corrected chi connectivity index (χ0v) is 12.7. The van der Waals surface area contributed by atoms with Crippen molar-refractivity contribution in [3.05, 3.63) is 35.5 Å². The third kappa shape index (κ3) is 3.16. The van der Waals surface area contributed by atoms with E-state index < -0.39 is 0 Å². The summed E-state index contributed by atoms with van der Waals surface area (Å²) in [7, 11) is 1.51. The summed E-state index contributed by atoms with van der Waals surface area (Å²) in [6.07, 6.45) is 0. The Morgan fingerprint density at radius 1 is 1.38 bits per heavy atom. The summed E-state index contributed by atoms with van der Waals surface area (Å²) in [5, 5.41) is 9.74. The second kappa shape index (κ2) is 5.47. The van der Waals surface area contributed by atoms with Gasteiger partial charge in [-0.1, -0.05) is 26.8 Å². The van der Waals surface area contributed by atoms with Crippen LogP contribution in [-0.4, -0.2) is 23.2 Å². The largest absolute Gasteiger partial charge is 0.495 e. The number of para-hydroxylation sites is 1. The number of anilines is 2. The molecule has 2 aromatic rings. The van der Waals surface area contributed by atoms with Crippen LogP contribution >= 0.6 is 0 Å². The smallest absolute Gasteiger partial charge is 0.259 e. The Morgan fingerprint density at radius 3 is 2.67 bits per heavy atom. The molecule has 1 aromatic carbocycles. The zero-order valence-electron chi connectivity index (χ0n) is 12.7. The number of nitrogens with zero attached hydrogens (tertiary/aromatic N) is 1.